The molecule has 21 heavy (non-hydrogen) atoms. The molecular formula is C16H24N2O3. The van der Waals surface area contributed by atoms with Crippen molar-refractivity contribution in [1.82, 2.24) is 10.2 Å². The molecule has 0 heterocycles. The third-order valence-electron chi connectivity index (χ3n) is 3.42. The first-order valence-electron chi connectivity index (χ1n) is 7.26. The summed E-state index contributed by atoms with van der Waals surface area (Å²) in [5.41, 5.74) is 1.05. The molecule has 1 unspecified atom stereocenters. The Morgan fingerprint density at radius 1 is 1.24 bits per heavy atom. The van der Waals surface area contributed by atoms with Crippen LogP contribution in [0.5, 0.6) is 0 Å². The van der Waals surface area contributed by atoms with Crippen molar-refractivity contribution in [2.24, 2.45) is 5.92 Å². The summed E-state index contributed by atoms with van der Waals surface area (Å²) in [5.74, 6) is -1.42. The number of aliphatic carboxylic acids is 1. The van der Waals surface area contributed by atoms with Crippen LogP contribution in [0.2, 0.25) is 0 Å². The molecule has 0 aromatic heterocycles. The number of nitrogens with zero attached hydrogens (tertiary/aromatic N) is 1. The minimum absolute atomic E-state index is 0.0371. The fraction of sp³-hybridized carbons (Fsp3) is 0.500. The second-order valence-electron chi connectivity index (χ2n) is 5.34. The van der Waals surface area contributed by atoms with Gasteiger partial charge in [-0.05, 0) is 25.8 Å². The van der Waals surface area contributed by atoms with E-state index in [9.17, 15) is 9.59 Å². The SMILES string of the molecule is CCC(CNC(=O)N(Cc1ccccc1)C(C)C)C(=O)O. The Kier molecular flexibility index (Phi) is 6.72. The normalized spacial score (nSPS) is 12.0. The van der Waals surface area contributed by atoms with Gasteiger partial charge < -0.3 is 15.3 Å². The van der Waals surface area contributed by atoms with Gasteiger partial charge >= 0.3 is 12.0 Å². The van der Waals surface area contributed by atoms with E-state index in [1.165, 1.54) is 0 Å². The van der Waals surface area contributed by atoms with Crippen molar-refractivity contribution < 1.29 is 14.7 Å². The fourth-order valence-electron chi connectivity index (χ4n) is 1.99. The lowest BCUT2D eigenvalue weighted by Crippen LogP contribution is -2.45. The molecule has 0 fully saturated rings. The number of carbonyl (C=O) groups excluding carboxylic acids is 1. The van der Waals surface area contributed by atoms with Crippen molar-refractivity contribution in [3.63, 3.8) is 0 Å². The molecule has 0 aliphatic heterocycles. The highest BCUT2D eigenvalue weighted by Crippen LogP contribution is 2.09. The number of urea groups is 1. The average Bonchev–Trinajstić information content (AvgIpc) is 2.45. The number of rotatable bonds is 7. The lowest BCUT2D eigenvalue weighted by atomic mass is 10.1. The Morgan fingerprint density at radius 2 is 1.86 bits per heavy atom. The van der Waals surface area contributed by atoms with Gasteiger partial charge in [0.15, 0.2) is 0 Å². The van der Waals surface area contributed by atoms with Crippen LogP contribution in [-0.2, 0) is 11.3 Å². The number of hydrogen-bond donors (Lipinski definition) is 2. The van der Waals surface area contributed by atoms with Crippen LogP contribution in [0.4, 0.5) is 4.79 Å². The second kappa shape index (κ2) is 8.29. The van der Waals surface area contributed by atoms with Gasteiger partial charge in [-0.1, -0.05) is 37.3 Å². The van der Waals surface area contributed by atoms with Gasteiger partial charge in [-0.15, -0.1) is 0 Å². The van der Waals surface area contributed by atoms with E-state index in [-0.39, 0.29) is 18.6 Å². The van der Waals surface area contributed by atoms with Crippen molar-refractivity contribution in [2.45, 2.75) is 39.8 Å². The molecule has 1 aromatic rings. The number of amides is 2. The van der Waals surface area contributed by atoms with Gasteiger partial charge in [0, 0.05) is 19.1 Å². The van der Waals surface area contributed by atoms with Gasteiger partial charge in [-0.25, -0.2) is 4.79 Å². The number of carboxylic acids is 1. The van der Waals surface area contributed by atoms with Crippen LogP contribution in [0.15, 0.2) is 30.3 Å². The zero-order valence-electron chi connectivity index (χ0n) is 12.9. The van der Waals surface area contributed by atoms with Gasteiger partial charge in [-0.3, -0.25) is 4.79 Å². The molecule has 0 saturated carbocycles. The summed E-state index contributed by atoms with van der Waals surface area (Å²) in [7, 11) is 0. The fourth-order valence-corrected chi connectivity index (χ4v) is 1.99. The van der Waals surface area contributed by atoms with Gasteiger partial charge in [0.25, 0.3) is 0 Å². The third kappa shape index (κ3) is 5.45. The van der Waals surface area contributed by atoms with Crippen LogP contribution < -0.4 is 5.32 Å². The molecule has 116 valence electrons. The molecule has 1 rings (SSSR count). The number of carbonyl (C=O) groups is 2. The maximum atomic E-state index is 12.3. The summed E-state index contributed by atoms with van der Waals surface area (Å²) in [4.78, 5) is 24.9. The Balaban J connectivity index is 2.64. The zero-order chi connectivity index (χ0) is 15.8. The highest BCUT2D eigenvalue weighted by Gasteiger charge is 2.20. The maximum absolute atomic E-state index is 12.3. The lowest BCUT2D eigenvalue weighted by Gasteiger charge is -2.27. The summed E-state index contributed by atoms with van der Waals surface area (Å²) < 4.78 is 0. The van der Waals surface area contributed by atoms with Crippen molar-refractivity contribution in [2.75, 3.05) is 6.54 Å². The predicted molar refractivity (Wildman–Crippen MR) is 81.9 cm³/mol. The highest BCUT2D eigenvalue weighted by molar-refractivity contribution is 5.76. The van der Waals surface area contributed by atoms with Crippen LogP contribution in [0.25, 0.3) is 0 Å². The number of nitrogens with one attached hydrogen (secondary N) is 1. The summed E-state index contributed by atoms with van der Waals surface area (Å²) in [6.07, 6.45) is 0.496. The molecule has 0 radical (unpaired) electrons. The molecule has 0 bridgehead atoms. The number of hydrogen-bond acceptors (Lipinski definition) is 2. The molecule has 1 aromatic carbocycles. The van der Waals surface area contributed by atoms with E-state index < -0.39 is 11.9 Å². The van der Waals surface area contributed by atoms with Gasteiger partial charge in [0.05, 0.1) is 5.92 Å². The molecule has 1 atom stereocenters. The Labute approximate surface area is 126 Å². The standard InChI is InChI=1S/C16H24N2O3/c1-4-14(15(19)20)10-17-16(21)18(12(2)3)11-13-8-6-5-7-9-13/h5-9,12,14H,4,10-11H2,1-3H3,(H,17,21)(H,19,20). The molecule has 0 spiro atoms. The van der Waals surface area contributed by atoms with Crippen molar-refractivity contribution >= 4 is 12.0 Å². The minimum Gasteiger partial charge on any atom is -0.481 e. The quantitative estimate of drug-likeness (QED) is 0.812. The highest BCUT2D eigenvalue weighted by atomic mass is 16.4. The van der Waals surface area contributed by atoms with Crippen LogP contribution in [0.3, 0.4) is 0 Å². The average molecular weight is 292 g/mol. The molecule has 0 saturated heterocycles. The first-order chi connectivity index (χ1) is 9.95. The van der Waals surface area contributed by atoms with Crippen molar-refractivity contribution in [3.8, 4) is 0 Å². The van der Waals surface area contributed by atoms with Gasteiger partial charge in [0.1, 0.15) is 0 Å². The van der Waals surface area contributed by atoms with Crippen molar-refractivity contribution in [1.29, 1.82) is 0 Å². The van der Waals surface area contributed by atoms with E-state index >= 15 is 0 Å². The summed E-state index contributed by atoms with van der Waals surface area (Å²) in [5, 5.41) is 11.7. The minimum atomic E-state index is -0.878. The van der Waals surface area contributed by atoms with E-state index in [2.05, 4.69) is 5.32 Å². The molecule has 5 heteroatoms. The number of benzene rings is 1. The summed E-state index contributed by atoms with van der Waals surface area (Å²) in [6, 6.07) is 9.54. The molecule has 0 aliphatic rings. The smallest absolute Gasteiger partial charge is 0.317 e. The Bertz CT molecular complexity index is 460. The molecular weight excluding hydrogens is 268 g/mol. The van der Waals surface area contributed by atoms with E-state index in [1.807, 2.05) is 44.2 Å². The first kappa shape index (κ1) is 17.0. The maximum Gasteiger partial charge on any atom is 0.317 e. The second-order valence-corrected chi connectivity index (χ2v) is 5.34. The summed E-state index contributed by atoms with van der Waals surface area (Å²) in [6.45, 7) is 6.35. The molecule has 5 nitrogen and oxygen atoms in total. The van der Waals surface area contributed by atoms with E-state index in [0.29, 0.717) is 13.0 Å². The van der Waals surface area contributed by atoms with Gasteiger partial charge in [0.2, 0.25) is 0 Å². The topological polar surface area (TPSA) is 69.6 Å². The van der Waals surface area contributed by atoms with Crippen LogP contribution in [0.1, 0.15) is 32.8 Å². The van der Waals surface area contributed by atoms with E-state index in [0.717, 1.165) is 5.56 Å². The predicted octanol–water partition coefficient (Wildman–Crippen LogP) is 2.72. The largest absolute Gasteiger partial charge is 0.481 e. The monoisotopic (exact) mass is 292 g/mol. The van der Waals surface area contributed by atoms with E-state index in [4.69, 9.17) is 5.11 Å². The molecule has 2 N–H and O–H groups in total. The lowest BCUT2D eigenvalue weighted by molar-refractivity contribution is -0.141. The van der Waals surface area contributed by atoms with Crippen LogP contribution in [-0.4, -0.2) is 34.6 Å². The Hall–Kier alpha value is -2.04. The first-order valence-corrected chi connectivity index (χ1v) is 7.26. The number of carboxylic acid groups (broad SMARTS) is 1. The third-order valence-corrected chi connectivity index (χ3v) is 3.42. The molecule has 0 aliphatic carbocycles. The Morgan fingerprint density at radius 3 is 2.33 bits per heavy atom. The van der Waals surface area contributed by atoms with E-state index in [1.54, 1.807) is 11.8 Å². The van der Waals surface area contributed by atoms with Crippen molar-refractivity contribution in [3.05, 3.63) is 35.9 Å². The van der Waals surface area contributed by atoms with Crippen LogP contribution in [0, 0.1) is 5.92 Å². The zero-order valence-corrected chi connectivity index (χ0v) is 12.9. The summed E-state index contributed by atoms with van der Waals surface area (Å²) >= 11 is 0. The van der Waals surface area contributed by atoms with Gasteiger partial charge in [-0.2, -0.15) is 0 Å². The van der Waals surface area contributed by atoms with Crippen LogP contribution >= 0.6 is 0 Å². The molecule has 2 amide bonds.